The van der Waals surface area contributed by atoms with Gasteiger partial charge in [0.1, 0.15) is 11.5 Å². The van der Waals surface area contributed by atoms with Crippen LogP contribution in [0.2, 0.25) is 0 Å². The molecule has 0 radical (unpaired) electrons. The predicted molar refractivity (Wildman–Crippen MR) is 138 cm³/mol. The number of phenolic OH excluding ortho intramolecular Hbond substituents is 4. The van der Waals surface area contributed by atoms with Gasteiger partial charge in [-0.1, -0.05) is 47.1 Å². The van der Waals surface area contributed by atoms with Crippen LogP contribution in [-0.2, 0) is 6.42 Å². The number of hydrogen-bond acceptors (Lipinski definition) is 4. The van der Waals surface area contributed by atoms with Crippen LogP contribution in [0.1, 0.15) is 70.1 Å². The van der Waals surface area contributed by atoms with Gasteiger partial charge < -0.3 is 20.4 Å². The van der Waals surface area contributed by atoms with E-state index < -0.39 is 0 Å². The zero-order valence-electron chi connectivity index (χ0n) is 20.1. The van der Waals surface area contributed by atoms with Gasteiger partial charge in [-0.25, -0.2) is 0 Å². The first-order chi connectivity index (χ1) is 15.6. The summed E-state index contributed by atoms with van der Waals surface area (Å²) in [6, 6.07) is 7.65. The molecule has 0 fully saturated rings. The van der Waals surface area contributed by atoms with Crippen molar-refractivity contribution in [3.05, 3.63) is 82.0 Å². The van der Waals surface area contributed by atoms with E-state index in [2.05, 4.69) is 45.9 Å². The van der Waals surface area contributed by atoms with Gasteiger partial charge >= 0.3 is 0 Å². The quantitative estimate of drug-likeness (QED) is 0.171. The molecule has 33 heavy (non-hydrogen) atoms. The Kier molecular flexibility index (Phi) is 9.86. The molecule has 0 unspecified atom stereocenters. The molecule has 4 N–H and O–H groups in total. The van der Waals surface area contributed by atoms with Crippen LogP contribution >= 0.6 is 0 Å². The zero-order valence-corrected chi connectivity index (χ0v) is 20.1. The molecule has 176 valence electrons. The highest BCUT2D eigenvalue weighted by Gasteiger charge is 2.07. The van der Waals surface area contributed by atoms with Crippen LogP contribution in [0.15, 0.2) is 65.3 Å². The Morgan fingerprint density at radius 1 is 0.697 bits per heavy atom. The fourth-order valence-corrected chi connectivity index (χ4v) is 3.48. The van der Waals surface area contributed by atoms with E-state index in [0.717, 1.165) is 31.2 Å². The van der Waals surface area contributed by atoms with E-state index in [1.807, 2.05) is 6.07 Å². The summed E-state index contributed by atoms with van der Waals surface area (Å²) in [5.41, 5.74) is 5.99. The molecule has 0 aromatic heterocycles. The summed E-state index contributed by atoms with van der Waals surface area (Å²) >= 11 is 0. The van der Waals surface area contributed by atoms with Crippen molar-refractivity contribution in [2.75, 3.05) is 0 Å². The van der Waals surface area contributed by atoms with Crippen molar-refractivity contribution in [1.82, 2.24) is 0 Å². The molecule has 0 aliphatic rings. The molecular weight excluding hydrogens is 412 g/mol. The second-order valence-corrected chi connectivity index (χ2v) is 8.83. The van der Waals surface area contributed by atoms with E-state index in [4.69, 9.17) is 0 Å². The number of allylic oxidation sites excluding steroid dienone is 6. The van der Waals surface area contributed by atoms with Gasteiger partial charge in [-0.2, -0.15) is 0 Å². The highest BCUT2D eigenvalue weighted by Crippen LogP contribution is 2.33. The topological polar surface area (TPSA) is 80.9 Å². The summed E-state index contributed by atoms with van der Waals surface area (Å²) in [5.74, 6) is -0.469. The summed E-state index contributed by atoms with van der Waals surface area (Å²) in [7, 11) is 0. The van der Waals surface area contributed by atoms with Gasteiger partial charge in [0.05, 0.1) is 0 Å². The lowest BCUT2D eigenvalue weighted by Crippen LogP contribution is -1.87. The minimum absolute atomic E-state index is 0.0472. The Morgan fingerprint density at radius 3 is 1.94 bits per heavy atom. The van der Waals surface area contributed by atoms with Crippen molar-refractivity contribution in [1.29, 1.82) is 0 Å². The van der Waals surface area contributed by atoms with Crippen LogP contribution in [0.4, 0.5) is 0 Å². The Labute approximate surface area is 197 Å². The summed E-state index contributed by atoms with van der Waals surface area (Å²) < 4.78 is 0. The molecule has 4 heteroatoms. The molecular formula is C29H36O4. The molecule has 2 aromatic rings. The van der Waals surface area contributed by atoms with Gasteiger partial charge in [-0.15, -0.1) is 0 Å². The molecule has 0 saturated carbocycles. The van der Waals surface area contributed by atoms with Crippen molar-refractivity contribution in [2.24, 2.45) is 0 Å². The molecule has 0 spiro atoms. The third kappa shape index (κ3) is 9.32. The van der Waals surface area contributed by atoms with E-state index in [0.29, 0.717) is 17.5 Å². The molecule has 2 rings (SSSR count). The van der Waals surface area contributed by atoms with E-state index in [1.54, 1.807) is 18.2 Å². The number of aromatic hydroxyl groups is 4. The first-order valence-corrected chi connectivity index (χ1v) is 11.3. The molecule has 0 aliphatic carbocycles. The lowest BCUT2D eigenvalue weighted by Gasteiger charge is -2.07. The first kappa shape index (κ1) is 25.9. The van der Waals surface area contributed by atoms with Crippen molar-refractivity contribution >= 4 is 12.2 Å². The van der Waals surface area contributed by atoms with Gasteiger partial charge in [0.15, 0.2) is 11.5 Å². The fraction of sp³-hybridized carbons (Fsp3) is 0.310. The van der Waals surface area contributed by atoms with Crippen LogP contribution in [0.5, 0.6) is 23.0 Å². The molecule has 2 aromatic carbocycles. The standard InChI is InChI=1S/C29H36O4/c1-20(2)7-5-8-21(3)9-6-10-22(4)11-12-23-15-25(29(33)28(32)18-23)14-13-24-16-26(30)19-27(31)17-24/h7,9,11,13-19,30-33H,5-6,8,10,12H2,1-4H3/b14-13+,21-9+,22-11+. The van der Waals surface area contributed by atoms with E-state index in [-0.39, 0.29) is 23.0 Å². The highest BCUT2D eigenvalue weighted by molar-refractivity contribution is 5.75. The normalized spacial score (nSPS) is 12.4. The van der Waals surface area contributed by atoms with E-state index in [1.165, 1.54) is 34.9 Å². The van der Waals surface area contributed by atoms with Crippen LogP contribution in [0.25, 0.3) is 12.2 Å². The maximum Gasteiger partial charge on any atom is 0.164 e. The minimum Gasteiger partial charge on any atom is -0.508 e. The monoisotopic (exact) mass is 448 g/mol. The van der Waals surface area contributed by atoms with Crippen molar-refractivity contribution < 1.29 is 20.4 Å². The van der Waals surface area contributed by atoms with Crippen LogP contribution < -0.4 is 0 Å². The molecule has 0 atom stereocenters. The lowest BCUT2D eigenvalue weighted by molar-refractivity contribution is 0.402. The summed E-state index contributed by atoms with van der Waals surface area (Å²) in [6.07, 6.45) is 14.9. The van der Waals surface area contributed by atoms with Crippen molar-refractivity contribution in [3.8, 4) is 23.0 Å². The molecule has 0 bridgehead atoms. The largest absolute Gasteiger partial charge is 0.508 e. The second kappa shape index (κ2) is 12.6. The second-order valence-electron chi connectivity index (χ2n) is 8.83. The number of phenols is 4. The Bertz CT molecular complexity index is 1050. The highest BCUT2D eigenvalue weighted by atomic mass is 16.3. The maximum atomic E-state index is 10.2. The fourth-order valence-electron chi connectivity index (χ4n) is 3.48. The lowest BCUT2D eigenvalue weighted by atomic mass is 10.0. The van der Waals surface area contributed by atoms with Gasteiger partial charge in [-0.3, -0.25) is 0 Å². The van der Waals surface area contributed by atoms with Gasteiger partial charge in [-0.05, 0) is 95.2 Å². The van der Waals surface area contributed by atoms with Crippen molar-refractivity contribution in [3.63, 3.8) is 0 Å². The molecule has 0 saturated heterocycles. The van der Waals surface area contributed by atoms with Gasteiger partial charge in [0, 0.05) is 11.6 Å². The maximum absolute atomic E-state index is 10.2. The van der Waals surface area contributed by atoms with Gasteiger partial charge in [0.25, 0.3) is 0 Å². The summed E-state index contributed by atoms with van der Waals surface area (Å²) in [4.78, 5) is 0. The van der Waals surface area contributed by atoms with Crippen LogP contribution in [0.3, 0.4) is 0 Å². The number of rotatable bonds is 10. The summed E-state index contributed by atoms with van der Waals surface area (Å²) in [5, 5.41) is 39.6. The Balaban J connectivity index is 2.01. The van der Waals surface area contributed by atoms with E-state index in [9.17, 15) is 20.4 Å². The average Bonchev–Trinajstić information content (AvgIpc) is 2.72. The molecule has 4 nitrogen and oxygen atoms in total. The third-order valence-corrected chi connectivity index (χ3v) is 5.37. The first-order valence-electron chi connectivity index (χ1n) is 11.3. The molecule has 0 amide bonds. The molecule has 0 heterocycles. The number of benzene rings is 2. The average molecular weight is 449 g/mol. The SMILES string of the molecule is CC(C)=CCC/C(C)=C/CC/C(C)=C/Cc1cc(O)c(O)c(/C=C/c2cc(O)cc(O)c2)c1. The predicted octanol–water partition coefficient (Wildman–Crippen LogP) is 7.64. The zero-order chi connectivity index (χ0) is 24.4. The Morgan fingerprint density at radius 2 is 1.30 bits per heavy atom. The van der Waals surface area contributed by atoms with Crippen molar-refractivity contribution in [2.45, 2.75) is 59.8 Å². The third-order valence-electron chi connectivity index (χ3n) is 5.37. The Hall–Kier alpha value is -3.40. The summed E-state index contributed by atoms with van der Waals surface area (Å²) in [6.45, 7) is 8.55. The smallest absolute Gasteiger partial charge is 0.164 e. The van der Waals surface area contributed by atoms with E-state index >= 15 is 0 Å². The van der Waals surface area contributed by atoms with Crippen LogP contribution in [-0.4, -0.2) is 20.4 Å². The van der Waals surface area contributed by atoms with Gasteiger partial charge in [0.2, 0.25) is 0 Å². The minimum atomic E-state index is -0.200. The molecule has 0 aliphatic heterocycles. The van der Waals surface area contributed by atoms with Crippen LogP contribution in [0, 0.1) is 0 Å². The number of hydrogen-bond donors (Lipinski definition) is 4.